The van der Waals surface area contributed by atoms with Gasteiger partial charge in [0.15, 0.2) is 0 Å². The molecule has 1 rings (SSSR count). The van der Waals surface area contributed by atoms with E-state index in [1.54, 1.807) is 6.08 Å². The van der Waals surface area contributed by atoms with Gasteiger partial charge in [0.1, 0.15) is 0 Å². The Bertz CT molecular complexity index is 105. The maximum Gasteiger partial charge on any atom is 0.0721 e. The van der Waals surface area contributed by atoms with Crippen LogP contribution in [0.4, 0.5) is 0 Å². The first-order valence-electron chi connectivity index (χ1n) is 3.73. The van der Waals surface area contributed by atoms with Crippen LogP contribution >= 0.6 is 0 Å². The lowest BCUT2D eigenvalue weighted by atomic mass is 10.1. The molecule has 0 aliphatic heterocycles. The van der Waals surface area contributed by atoms with E-state index in [1.807, 2.05) is 19.1 Å². The summed E-state index contributed by atoms with van der Waals surface area (Å²) in [5.74, 6) is 0. The minimum Gasteiger partial charge on any atom is -0.389 e. The average molecular weight is 140 g/mol. The van der Waals surface area contributed by atoms with E-state index in [1.165, 1.54) is 0 Å². The molecule has 0 radical (unpaired) electrons. The summed E-state index contributed by atoms with van der Waals surface area (Å²) in [6, 6.07) is 0. The van der Waals surface area contributed by atoms with Crippen molar-refractivity contribution in [3.05, 3.63) is 24.8 Å². The normalized spacial score (nSPS) is 22.8. The predicted octanol–water partition coefficient (Wildman–Crippen LogP) is 2.28. The van der Waals surface area contributed by atoms with Crippen LogP contribution in [0.25, 0.3) is 0 Å². The Morgan fingerprint density at radius 2 is 2.30 bits per heavy atom. The van der Waals surface area contributed by atoms with Crippen LogP contribution in [0, 0.1) is 0 Å². The number of rotatable bonds is 0. The average Bonchev–Trinajstić information content (AvgIpc) is 1.91. The molecular weight excluding hydrogens is 124 g/mol. The number of aliphatic hydroxyl groups excluding tert-OH is 1. The number of hydrogen-bond acceptors (Lipinski definition) is 1. The van der Waals surface area contributed by atoms with Gasteiger partial charge in [-0.1, -0.05) is 18.2 Å². The highest BCUT2D eigenvalue weighted by Gasteiger charge is 2.00. The highest BCUT2D eigenvalue weighted by Crippen LogP contribution is 2.08. The van der Waals surface area contributed by atoms with Gasteiger partial charge in [0.25, 0.3) is 0 Å². The lowest BCUT2D eigenvalue weighted by Crippen LogP contribution is -2.04. The smallest absolute Gasteiger partial charge is 0.0721 e. The van der Waals surface area contributed by atoms with Crippen molar-refractivity contribution in [2.24, 2.45) is 0 Å². The molecule has 0 spiro atoms. The lowest BCUT2D eigenvalue weighted by molar-refractivity contribution is 0.204. The Morgan fingerprint density at radius 3 is 2.50 bits per heavy atom. The van der Waals surface area contributed by atoms with Crippen LogP contribution in [-0.2, 0) is 0 Å². The molecule has 0 fully saturated rings. The first-order valence-corrected chi connectivity index (χ1v) is 3.73. The van der Waals surface area contributed by atoms with Gasteiger partial charge in [0.2, 0.25) is 0 Å². The Morgan fingerprint density at radius 1 is 1.70 bits per heavy atom. The predicted molar refractivity (Wildman–Crippen MR) is 44.9 cm³/mol. The van der Waals surface area contributed by atoms with Gasteiger partial charge >= 0.3 is 0 Å². The molecule has 0 aromatic carbocycles. The summed E-state index contributed by atoms with van der Waals surface area (Å²) < 4.78 is 0. The summed E-state index contributed by atoms with van der Waals surface area (Å²) in [6.07, 6.45) is 8.76. The van der Waals surface area contributed by atoms with Gasteiger partial charge in [-0.15, -0.1) is 6.58 Å². The molecule has 1 atom stereocenters. The molecule has 0 heterocycles. The molecule has 1 nitrogen and oxygen atoms in total. The van der Waals surface area contributed by atoms with Crippen LogP contribution in [0.5, 0.6) is 0 Å². The molecule has 0 saturated carbocycles. The van der Waals surface area contributed by atoms with E-state index in [0.29, 0.717) is 0 Å². The summed E-state index contributed by atoms with van der Waals surface area (Å²) in [5, 5.41) is 8.82. The summed E-state index contributed by atoms with van der Waals surface area (Å²) in [6.45, 7) is 5.25. The van der Waals surface area contributed by atoms with Crippen molar-refractivity contribution in [2.75, 3.05) is 0 Å². The molecule has 10 heavy (non-hydrogen) atoms. The van der Waals surface area contributed by atoms with Crippen molar-refractivity contribution in [3.8, 4) is 0 Å². The minimum atomic E-state index is -0.145. The summed E-state index contributed by atoms with van der Waals surface area (Å²) in [7, 11) is 0. The maximum absolute atomic E-state index is 8.82. The van der Waals surface area contributed by atoms with Crippen LogP contribution in [0.1, 0.15) is 26.2 Å². The molecule has 0 bridgehead atoms. The Kier molecular flexibility index (Phi) is 6.19. The van der Waals surface area contributed by atoms with Gasteiger partial charge in [0, 0.05) is 0 Å². The fourth-order valence-corrected chi connectivity index (χ4v) is 0.794. The maximum atomic E-state index is 8.82. The van der Waals surface area contributed by atoms with Crippen molar-refractivity contribution in [3.63, 3.8) is 0 Å². The van der Waals surface area contributed by atoms with E-state index in [9.17, 15) is 0 Å². The van der Waals surface area contributed by atoms with Crippen molar-refractivity contribution in [2.45, 2.75) is 32.3 Å². The molecule has 1 aliphatic carbocycles. The molecule has 1 N–H and O–H groups in total. The fourth-order valence-electron chi connectivity index (χ4n) is 0.794. The van der Waals surface area contributed by atoms with Gasteiger partial charge < -0.3 is 5.11 Å². The van der Waals surface area contributed by atoms with E-state index in [2.05, 4.69) is 6.58 Å². The molecule has 0 saturated heterocycles. The van der Waals surface area contributed by atoms with Crippen molar-refractivity contribution >= 4 is 0 Å². The molecule has 0 amide bonds. The van der Waals surface area contributed by atoms with E-state index >= 15 is 0 Å². The molecule has 1 heteroatoms. The lowest BCUT2D eigenvalue weighted by Gasteiger charge is -2.07. The third-order valence-corrected chi connectivity index (χ3v) is 1.23. The van der Waals surface area contributed by atoms with Crippen LogP contribution in [0.15, 0.2) is 24.8 Å². The van der Waals surface area contributed by atoms with Crippen LogP contribution in [0.2, 0.25) is 0 Å². The van der Waals surface area contributed by atoms with Crippen molar-refractivity contribution in [1.29, 1.82) is 0 Å². The first-order chi connectivity index (χ1) is 4.81. The van der Waals surface area contributed by atoms with E-state index in [-0.39, 0.29) is 6.10 Å². The molecule has 0 aromatic rings. The zero-order valence-electron chi connectivity index (χ0n) is 6.59. The zero-order valence-corrected chi connectivity index (χ0v) is 6.59. The SMILES string of the molecule is C=CC.OC1C=CCCC1. The highest BCUT2D eigenvalue weighted by atomic mass is 16.3. The van der Waals surface area contributed by atoms with Crippen LogP contribution in [0.3, 0.4) is 0 Å². The second kappa shape index (κ2) is 6.56. The standard InChI is InChI=1S/C6H10O.C3H6/c7-6-4-2-1-3-5-6;1-3-2/h2,4,6-7H,1,3,5H2;3H,1H2,2H3. The monoisotopic (exact) mass is 140 g/mol. The van der Waals surface area contributed by atoms with Gasteiger partial charge in [-0.25, -0.2) is 0 Å². The molecule has 1 unspecified atom stereocenters. The van der Waals surface area contributed by atoms with Gasteiger partial charge in [-0.05, 0) is 26.2 Å². The van der Waals surface area contributed by atoms with Crippen LogP contribution in [-0.4, -0.2) is 11.2 Å². The quantitative estimate of drug-likeness (QED) is 0.512. The summed E-state index contributed by atoms with van der Waals surface area (Å²) in [4.78, 5) is 0. The van der Waals surface area contributed by atoms with E-state index in [0.717, 1.165) is 19.3 Å². The Balaban J connectivity index is 0.000000236. The second-order valence-electron chi connectivity index (χ2n) is 2.33. The third kappa shape index (κ3) is 5.57. The molecule has 0 aromatic heterocycles. The van der Waals surface area contributed by atoms with Crippen molar-refractivity contribution < 1.29 is 5.11 Å². The number of aliphatic hydroxyl groups is 1. The van der Waals surface area contributed by atoms with Gasteiger partial charge in [-0.2, -0.15) is 0 Å². The number of hydrogen-bond donors (Lipinski definition) is 1. The van der Waals surface area contributed by atoms with Gasteiger partial charge in [-0.3, -0.25) is 0 Å². The van der Waals surface area contributed by atoms with E-state index < -0.39 is 0 Å². The third-order valence-electron chi connectivity index (χ3n) is 1.23. The molecule has 1 aliphatic rings. The second-order valence-corrected chi connectivity index (χ2v) is 2.33. The zero-order chi connectivity index (χ0) is 7.82. The van der Waals surface area contributed by atoms with Crippen LogP contribution < -0.4 is 0 Å². The van der Waals surface area contributed by atoms with E-state index in [4.69, 9.17) is 5.11 Å². The first kappa shape index (κ1) is 9.44. The molecule has 58 valence electrons. The highest BCUT2D eigenvalue weighted by molar-refractivity contribution is 4.92. The van der Waals surface area contributed by atoms with Gasteiger partial charge in [0.05, 0.1) is 6.10 Å². The molecular formula is C9H16O. The summed E-state index contributed by atoms with van der Waals surface area (Å²) in [5.41, 5.74) is 0. The Hall–Kier alpha value is -0.560. The Labute approximate surface area is 63.1 Å². The topological polar surface area (TPSA) is 20.2 Å². The minimum absolute atomic E-state index is 0.145. The largest absolute Gasteiger partial charge is 0.389 e. The van der Waals surface area contributed by atoms with Crippen molar-refractivity contribution in [1.82, 2.24) is 0 Å². The fraction of sp³-hybridized carbons (Fsp3) is 0.556. The number of allylic oxidation sites excluding steroid dienone is 2. The summed E-state index contributed by atoms with van der Waals surface area (Å²) >= 11 is 0.